The van der Waals surface area contributed by atoms with Crippen LogP contribution in [-0.2, 0) is 0 Å². The summed E-state index contributed by atoms with van der Waals surface area (Å²) >= 11 is 0. The molecule has 1 heterocycles. The van der Waals surface area contributed by atoms with Crippen LogP contribution >= 0.6 is 0 Å². The van der Waals surface area contributed by atoms with Gasteiger partial charge in [0, 0.05) is 19.1 Å². The van der Waals surface area contributed by atoms with Crippen LogP contribution in [0, 0.1) is 17.2 Å². The standard InChI is InChI=1S/C12H21N3/c1-10(2)15-6-5-12(8-13,9-15)14-7-11-3-4-11/h10-11,14H,3-7,9H2,1-2H3. The molecule has 1 N–H and O–H groups in total. The van der Waals surface area contributed by atoms with Gasteiger partial charge in [-0.05, 0) is 45.6 Å². The summed E-state index contributed by atoms with van der Waals surface area (Å²) in [4.78, 5) is 2.39. The van der Waals surface area contributed by atoms with Crippen molar-refractivity contribution in [1.82, 2.24) is 10.2 Å². The second kappa shape index (κ2) is 4.11. The SMILES string of the molecule is CC(C)N1CCC(C#N)(NCC2CC2)C1. The highest BCUT2D eigenvalue weighted by molar-refractivity contribution is 5.13. The zero-order valence-electron chi connectivity index (χ0n) is 9.79. The lowest BCUT2D eigenvalue weighted by Gasteiger charge is -2.25. The fourth-order valence-corrected chi connectivity index (χ4v) is 2.22. The minimum atomic E-state index is -0.257. The van der Waals surface area contributed by atoms with Crippen molar-refractivity contribution >= 4 is 0 Å². The van der Waals surface area contributed by atoms with Crippen LogP contribution in [-0.4, -0.2) is 36.1 Å². The Labute approximate surface area is 92.4 Å². The lowest BCUT2D eigenvalue weighted by molar-refractivity contribution is 0.256. The fourth-order valence-electron chi connectivity index (χ4n) is 2.22. The maximum Gasteiger partial charge on any atom is 0.120 e. The summed E-state index contributed by atoms with van der Waals surface area (Å²) < 4.78 is 0. The topological polar surface area (TPSA) is 39.1 Å². The normalized spacial score (nSPS) is 32.1. The Balaban J connectivity index is 1.89. The highest BCUT2D eigenvalue weighted by atomic mass is 15.2. The van der Waals surface area contributed by atoms with E-state index in [2.05, 4.69) is 30.1 Å². The quantitative estimate of drug-likeness (QED) is 0.756. The van der Waals surface area contributed by atoms with Gasteiger partial charge in [-0.3, -0.25) is 10.2 Å². The first-order chi connectivity index (χ1) is 7.15. The second-order valence-electron chi connectivity index (χ2n) is 5.33. The van der Waals surface area contributed by atoms with Crippen molar-refractivity contribution in [3.63, 3.8) is 0 Å². The third kappa shape index (κ3) is 2.50. The number of rotatable bonds is 4. The molecule has 0 radical (unpaired) electrons. The van der Waals surface area contributed by atoms with Crippen molar-refractivity contribution in [2.45, 2.75) is 44.7 Å². The van der Waals surface area contributed by atoms with Gasteiger partial charge in [-0.1, -0.05) is 0 Å². The van der Waals surface area contributed by atoms with E-state index in [9.17, 15) is 5.26 Å². The van der Waals surface area contributed by atoms with Gasteiger partial charge in [0.15, 0.2) is 0 Å². The Morgan fingerprint density at radius 1 is 1.53 bits per heavy atom. The smallest absolute Gasteiger partial charge is 0.120 e. The number of hydrogen-bond donors (Lipinski definition) is 1. The van der Waals surface area contributed by atoms with Crippen LogP contribution in [0.4, 0.5) is 0 Å². The van der Waals surface area contributed by atoms with E-state index in [4.69, 9.17) is 0 Å². The molecule has 2 fully saturated rings. The monoisotopic (exact) mass is 207 g/mol. The van der Waals surface area contributed by atoms with Crippen molar-refractivity contribution in [3.05, 3.63) is 0 Å². The summed E-state index contributed by atoms with van der Waals surface area (Å²) in [5.41, 5.74) is -0.257. The van der Waals surface area contributed by atoms with Crippen LogP contribution in [0.25, 0.3) is 0 Å². The minimum absolute atomic E-state index is 0.257. The molecule has 3 nitrogen and oxygen atoms in total. The highest BCUT2D eigenvalue weighted by Crippen LogP contribution is 2.30. The van der Waals surface area contributed by atoms with Crippen molar-refractivity contribution in [2.75, 3.05) is 19.6 Å². The summed E-state index contributed by atoms with van der Waals surface area (Å²) in [6.07, 6.45) is 3.68. The first kappa shape index (κ1) is 10.9. The number of likely N-dealkylation sites (tertiary alicyclic amines) is 1. The minimum Gasteiger partial charge on any atom is -0.298 e. The third-order valence-corrected chi connectivity index (χ3v) is 3.67. The van der Waals surface area contributed by atoms with Gasteiger partial charge in [-0.25, -0.2) is 0 Å². The van der Waals surface area contributed by atoms with Gasteiger partial charge in [-0.15, -0.1) is 0 Å². The zero-order chi connectivity index (χ0) is 10.9. The van der Waals surface area contributed by atoms with E-state index in [0.29, 0.717) is 6.04 Å². The predicted octanol–water partition coefficient (Wildman–Crippen LogP) is 1.36. The maximum absolute atomic E-state index is 9.31. The molecule has 3 heteroatoms. The highest BCUT2D eigenvalue weighted by Gasteiger charge is 2.39. The Kier molecular flexibility index (Phi) is 2.99. The molecule has 2 aliphatic rings. The van der Waals surface area contributed by atoms with Crippen LogP contribution in [0.15, 0.2) is 0 Å². The molecule has 0 bridgehead atoms. The largest absolute Gasteiger partial charge is 0.298 e. The van der Waals surface area contributed by atoms with Crippen LogP contribution < -0.4 is 5.32 Å². The van der Waals surface area contributed by atoms with Crippen molar-refractivity contribution in [1.29, 1.82) is 5.26 Å². The first-order valence-electron chi connectivity index (χ1n) is 6.05. The molecule has 1 atom stereocenters. The molecule has 1 saturated carbocycles. The van der Waals surface area contributed by atoms with Crippen LogP contribution in [0.3, 0.4) is 0 Å². The summed E-state index contributed by atoms with van der Waals surface area (Å²) in [6.45, 7) is 7.40. The van der Waals surface area contributed by atoms with Gasteiger partial charge in [0.2, 0.25) is 0 Å². The molecule has 84 valence electrons. The van der Waals surface area contributed by atoms with E-state index in [1.807, 2.05) is 0 Å². The number of nitrogens with one attached hydrogen (secondary N) is 1. The maximum atomic E-state index is 9.31. The van der Waals surface area contributed by atoms with E-state index in [-0.39, 0.29) is 5.54 Å². The van der Waals surface area contributed by atoms with Crippen molar-refractivity contribution in [3.8, 4) is 6.07 Å². The van der Waals surface area contributed by atoms with E-state index in [1.165, 1.54) is 12.8 Å². The van der Waals surface area contributed by atoms with Gasteiger partial charge in [0.1, 0.15) is 5.54 Å². The average Bonchev–Trinajstić information content (AvgIpc) is 2.95. The molecule has 1 unspecified atom stereocenters. The van der Waals surface area contributed by atoms with E-state index in [1.54, 1.807) is 0 Å². The molecule has 0 aromatic carbocycles. The number of nitriles is 1. The predicted molar refractivity (Wildman–Crippen MR) is 60.4 cm³/mol. The molecule has 15 heavy (non-hydrogen) atoms. The van der Waals surface area contributed by atoms with E-state index in [0.717, 1.165) is 32.0 Å². The first-order valence-corrected chi connectivity index (χ1v) is 6.05. The van der Waals surface area contributed by atoms with Gasteiger partial charge in [-0.2, -0.15) is 5.26 Å². The molecule has 2 rings (SSSR count). The molecule has 1 aliphatic carbocycles. The summed E-state index contributed by atoms with van der Waals surface area (Å²) in [6, 6.07) is 3.05. The van der Waals surface area contributed by atoms with Gasteiger partial charge >= 0.3 is 0 Å². The van der Waals surface area contributed by atoms with Crippen molar-refractivity contribution in [2.24, 2.45) is 5.92 Å². The zero-order valence-corrected chi connectivity index (χ0v) is 9.79. The Morgan fingerprint density at radius 2 is 2.27 bits per heavy atom. The molecule has 1 saturated heterocycles. The Morgan fingerprint density at radius 3 is 2.73 bits per heavy atom. The lowest BCUT2D eigenvalue weighted by Crippen LogP contribution is -2.47. The molecule has 0 spiro atoms. The molecular weight excluding hydrogens is 186 g/mol. The fraction of sp³-hybridized carbons (Fsp3) is 0.917. The molecule has 0 aromatic heterocycles. The third-order valence-electron chi connectivity index (χ3n) is 3.67. The Bertz CT molecular complexity index is 265. The van der Waals surface area contributed by atoms with Crippen LogP contribution in [0.2, 0.25) is 0 Å². The van der Waals surface area contributed by atoms with Crippen LogP contribution in [0.1, 0.15) is 33.1 Å². The Hall–Kier alpha value is -0.590. The van der Waals surface area contributed by atoms with Crippen molar-refractivity contribution < 1.29 is 0 Å². The molecule has 0 amide bonds. The summed E-state index contributed by atoms with van der Waals surface area (Å²) in [7, 11) is 0. The molecular formula is C12H21N3. The number of hydrogen-bond acceptors (Lipinski definition) is 3. The summed E-state index contributed by atoms with van der Waals surface area (Å²) in [5, 5.41) is 12.8. The molecule has 1 aliphatic heterocycles. The van der Waals surface area contributed by atoms with E-state index >= 15 is 0 Å². The second-order valence-corrected chi connectivity index (χ2v) is 5.33. The van der Waals surface area contributed by atoms with Crippen LogP contribution in [0.5, 0.6) is 0 Å². The van der Waals surface area contributed by atoms with E-state index < -0.39 is 0 Å². The number of nitrogens with zero attached hydrogens (tertiary/aromatic N) is 2. The van der Waals surface area contributed by atoms with Gasteiger partial charge in [0.25, 0.3) is 0 Å². The average molecular weight is 207 g/mol. The lowest BCUT2D eigenvalue weighted by atomic mass is 10.0. The van der Waals surface area contributed by atoms with Gasteiger partial charge < -0.3 is 0 Å². The molecule has 0 aromatic rings. The van der Waals surface area contributed by atoms with Gasteiger partial charge in [0.05, 0.1) is 6.07 Å². The summed E-state index contributed by atoms with van der Waals surface area (Å²) in [5.74, 6) is 0.850.